The number of aromatic nitrogens is 2. The summed E-state index contributed by atoms with van der Waals surface area (Å²) in [7, 11) is 0. The summed E-state index contributed by atoms with van der Waals surface area (Å²) in [5, 5.41) is 13.7. The molecule has 16 heavy (non-hydrogen) atoms. The van der Waals surface area contributed by atoms with E-state index in [0.717, 1.165) is 15.9 Å². The van der Waals surface area contributed by atoms with Crippen LogP contribution in [-0.2, 0) is 0 Å². The molecule has 1 unspecified atom stereocenters. The molecular formula is C11H13N3OS. The second kappa shape index (κ2) is 3.90. The van der Waals surface area contributed by atoms with Gasteiger partial charge in [-0.2, -0.15) is 0 Å². The van der Waals surface area contributed by atoms with Gasteiger partial charge < -0.3 is 9.73 Å². The lowest BCUT2D eigenvalue weighted by molar-refractivity contribution is 0.490. The van der Waals surface area contributed by atoms with Crippen molar-refractivity contribution in [1.29, 1.82) is 0 Å². The molecule has 0 aliphatic heterocycles. The minimum atomic E-state index is 0.134. The maximum atomic E-state index is 5.33. The van der Waals surface area contributed by atoms with Gasteiger partial charge in [0, 0.05) is 5.92 Å². The second-order valence-electron chi connectivity index (χ2n) is 4.10. The molecule has 3 rings (SSSR count). The van der Waals surface area contributed by atoms with E-state index in [9.17, 15) is 0 Å². The highest BCUT2D eigenvalue weighted by molar-refractivity contribution is 7.15. The van der Waals surface area contributed by atoms with Gasteiger partial charge in [-0.15, -0.1) is 10.2 Å². The average molecular weight is 235 g/mol. The van der Waals surface area contributed by atoms with Crippen LogP contribution in [-0.4, -0.2) is 10.2 Å². The Balaban J connectivity index is 1.68. The Bertz CT molecular complexity index is 461. The van der Waals surface area contributed by atoms with Crippen molar-refractivity contribution >= 4 is 16.5 Å². The molecule has 1 aliphatic carbocycles. The summed E-state index contributed by atoms with van der Waals surface area (Å²) in [4.78, 5) is 0. The monoisotopic (exact) mass is 235 g/mol. The summed E-state index contributed by atoms with van der Waals surface area (Å²) in [6.45, 7) is 2.05. The van der Waals surface area contributed by atoms with Crippen LogP contribution in [0, 0.1) is 0 Å². The average Bonchev–Trinajstić information content (AvgIpc) is 2.82. The molecule has 1 fully saturated rings. The Morgan fingerprint density at radius 2 is 2.38 bits per heavy atom. The fourth-order valence-electron chi connectivity index (χ4n) is 1.58. The molecule has 84 valence electrons. The van der Waals surface area contributed by atoms with E-state index in [2.05, 4.69) is 22.4 Å². The Kier molecular flexibility index (Phi) is 2.40. The van der Waals surface area contributed by atoms with E-state index in [-0.39, 0.29) is 6.04 Å². The van der Waals surface area contributed by atoms with Crippen molar-refractivity contribution < 1.29 is 4.42 Å². The SMILES string of the molecule is CC(Nc1nnc(C2CC2)s1)c1ccco1. The molecular weight excluding hydrogens is 222 g/mol. The van der Waals surface area contributed by atoms with Crippen LogP contribution in [0.2, 0.25) is 0 Å². The third-order valence-electron chi connectivity index (χ3n) is 2.68. The van der Waals surface area contributed by atoms with Gasteiger partial charge >= 0.3 is 0 Å². The van der Waals surface area contributed by atoms with E-state index >= 15 is 0 Å². The zero-order valence-corrected chi connectivity index (χ0v) is 9.83. The van der Waals surface area contributed by atoms with Crippen molar-refractivity contribution in [3.05, 3.63) is 29.2 Å². The number of furan rings is 1. The quantitative estimate of drug-likeness (QED) is 0.884. The minimum absolute atomic E-state index is 0.134. The van der Waals surface area contributed by atoms with Gasteiger partial charge in [0.15, 0.2) is 0 Å². The van der Waals surface area contributed by atoms with Crippen molar-refractivity contribution in [2.24, 2.45) is 0 Å². The van der Waals surface area contributed by atoms with Crippen LogP contribution in [0.15, 0.2) is 22.8 Å². The molecule has 1 N–H and O–H groups in total. The van der Waals surface area contributed by atoms with Crippen LogP contribution in [0.5, 0.6) is 0 Å². The number of anilines is 1. The molecule has 4 nitrogen and oxygen atoms in total. The van der Waals surface area contributed by atoms with Crippen LogP contribution in [0.3, 0.4) is 0 Å². The van der Waals surface area contributed by atoms with Gasteiger partial charge in [-0.3, -0.25) is 0 Å². The molecule has 0 aromatic carbocycles. The van der Waals surface area contributed by atoms with Crippen LogP contribution >= 0.6 is 11.3 Å². The number of nitrogens with one attached hydrogen (secondary N) is 1. The van der Waals surface area contributed by atoms with Gasteiger partial charge in [0.2, 0.25) is 5.13 Å². The van der Waals surface area contributed by atoms with Gasteiger partial charge in [0.1, 0.15) is 10.8 Å². The number of rotatable bonds is 4. The minimum Gasteiger partial charge on any atom is -0.467 e. The van der Waals surface area contributed by atoms with Gasteiger partial charge in [-0.25, -0.2) is 0 Å². The van der Waals surface area contributed by atoms with Gasteiger partial charge in [-0.05, 0) is 31.9 Å². The molecule has 1 atom stereocenters. The second-order valence-corrected chi connectivity index (χ2v) is 5.11. The van der Waals surface area contributed by atoms with Crippen molar-refractivity contribution in [2.45, 2.75) is 31.7 Å². The van der Waals surface area contributed by atoms with Crippen molar-refractivity contribution in [3.63, 3.8) is 0 Å². The molecule has 2 aromatic rings. The Morgan fingerprint density at radius 3 is 3.06 bits per heavy atom. The smallest absolute Gasteiger partial charge is 0.206 e. The topological polar surface area (TPSA) is 51.0 Å². The summed E-state index contributed by atoms with van der Waals surface area (Å²) in [5.41, 5.74) is 0. The molecule has 2 heterocycles. The lowest BCUT2D eigenvalue weighted by Crippen LogP contribution is -2.04. The van der Waals surface area contributed by atoms with Gasteiger partial charge in [0.25, 0.3) is 0 Å². The normalized spacial score (nSPS) is 17.3. The zero-order valence-electron chi connectivity index (χ0n) is 9.01. The summed E-state index contributed by atoms with van der Waals surface area (Å²) in [6.07, 6.45) is 4.22. The first-order chi connectivity index (χ1) is 7.83. The maximum Gasteiger partial charge on any atom is 0.206 e. The van der Waals surface area contributed by atoms with Crippen LogP contribution in [0.1, 0.15) is 42.5 Å². The first-order valence-electron chi connectivity index (χ1n) is 5.46. The Labute approximate surface area is 97.7 Å². The van der Waals surface area contributed by atoms with Crippen molar-refractivity contribution in [1.82, 2.24) is 10.2 Å². The molecule has 0 spiro atoms. The molecule has 1 aliphatic rings. The van der Waals surface area contributed by atoms with E-state index in [0.29, 0.717) is 5.92 Å². The van der Waals surface area contributed by atoms with Gasteiger partial charge in [-0.1, -0.05) is 11.3 Å². The standard InChI is InChI=1S/C11H13N3OS/c1-7(9-3-2-6-15-9)12-11-14-13-10(16-11)8-4-5-8/h2-3,6-8H,4-5H2,1H3,(H,12,14). The first-order valence-corrected chi connectivity index (χ1v) is 6.28. The van der Waals surface area contributed by atoms with E-state index in [1.807, 2.05) is 12.1 Å². The third kappa shape index (κ3) is 1.95. The van der Waals surface area contributed by atoms with E-state index in [1.165, 1.54) is 12.8 Å². The number of hydrogen-bond donors (Lipinski definition) is 1. The van der Waals surface area contributed by atoms with Crippen molar-refractivity contribution in [3.8, 4) is 0 Å². The third-order valence-corrected chi connectivity index (χ3v) is 3.69. The van der Waals surface area contributed by atoms with E-state index in [4.69, 9.17) is 4.42 Å². The van der Waals surface area contributed by atoms with Gasteiger partial charge in [0.05, 0.1) is 12.3 Å². The van der Waals surface area contributed by atoms with Crippen molar-refractivity contribution in [2.75, 3.05) is 5.32 Å². The summed E-state index contributed by atoms with van der Waals surface area (Å²) in [5.74, 6) is 1.59. The predicted octanol–water partition coefficient (Wildman–Crippen LogP) is 3.18. The molecule has 0 bridgehead atoms. The zero-order chi connectivity index (χ0) is 11.0. The summed E-state index contributed by atoms with van der Waals surface area (Å²) in [6, 6.07) is 3.99. The maximum absolute atomic E-state index is 5.33. The molecule has 2 aromatic heterocycles. The highest BCUT2D eigenvalue weighted by Gasteiger charge is 2.27. The Morgan fingerprint density at radius 1 is 1.50 bits per heavy atom. The van der Waals surface area contributed by atoms with Crippen LogP contribution in [0.4, 0.5) is 5.13 Å². The van der Waals surface area contributed by atoms with Crippen LogP contribution in [0.25, 0.3) is 0 Å². The van der Waals surface area contributed by atoms with E-state index in [1.54, 1.807) is 17.6 Å². The molecule has 0 saturated heterocycles. The lowest BCUT2D eigenvalue weighted by Gasteiger charge is -2.08. The molecule has 1 saturated carbocycles. The highest BCUT2D eigenvalue weighted by Crippen LogP contribution is 2.42. The Hall–Kier alpha value is -1.36. The largest absolute Gasteiger partial charge is 0.467 e. The van der Waals surface area contributed by atoms with Crippen LogP contribution < -0.4 is 5.32 Å². The predicted molar refractivity (Wildman–Crippen MR) is 62.6 cm³/mol. The summed E-state index contributed by atoms with van der Waals surface area (Å²) >= 11 is 1.65. The molecule has 0 radical (unpaired) electrons. The van der Waals surface area contributed by atoms with E-state index < -0.39 is 0 Å². The fourth-order valence-corrected chi connectivity index (χ4v) is 2.58. The highest BCUT2D eigenvalue weighted by atomic mass is 32.1. The molecule has 5 heteroatoms. The molecule has 0 amide bonds. The number of nitrogens with zero attached hydrogens (tertiary/aromatic N) is 2. The summed E-state index contributed by atoms with van der Waals surface area (Å²) < 4.78 is 5.33. The number of hydrogen-bond acceptors (Lipinski definition) is 5. The first kappa shape index (κ1) is 9.84. The lowest BCUT2D eigenvalue weighted by atomic mass is 10.3. The fraction of sp³-hybridized carbons (Fsp3) is 0.455.